The summed E-state index contributed by atoms with van der Waals surface area (Å²) in [6.45, 7) is -0.534. The normalized spacial score (nSPS) is 11.1. The van der Waals surface area contributed by atoms with Crippen molar-refractivity contribution in [3.8, 4) is 0 Å². The van der Waals surface area contributed by atoms with Crippen LogP contribution < -0.4 is 4.72 Å². The fraction of sp³-hybridized carbons (Fsp3) is 0.125. The van der Waals surface area contributed by atoms with Crippen molar-refractivity contribution in [2.45, 2.75) is 4.90 Å². The first-order valence-corrected chi connectivity index (χ1v) is 8.31. The van der Waals surface area contributed by atoms with Gasteiger partial charge in [0, 0.05) is 5.56 Å². The second-order valence-electron chi connectivity index (χ2n) is 4.74. The van der Waals surface area contributed by atoms with Crippen molar-refractivity contribution >= 4 is 21.8 Å². The standard InChI is InChI=1S/C16H14FNO5S/c1-18-24(21,22)14-4-2-3-12(9-14)16(20)23-10-15(19)11-5-7-13(17)8-6-11/h2-9,18H,10H2,1H3. The van der Waals surface area contributed by atoms with E-state index in [4.69, 9.17) is 4.74 Å². The molecule has 0 atom stereocenters. The zero-order chi connectivity index (χ0) is 17.7. The van der Waals surface area contributed by atoms with Crippen LogP contribution in [0.2, 0.25) is 0 Å². The number of nitrogens with one attached hydrogen (secondary N) is 1. The number of carbonyl (C=O) groups excluding carboxylic acids is 2. The molecule has 0 aliphatic carbocycles. The third-order valence-electron chi connectivity index (χ3n) is 3.15. The Labute approximate surface area is 138 Å². The molecule has 1 N–H and O–H groups in total. The minimum absolute atomic E-state index is 0.00164. The Morgan fingerprint density at radius 2 is 1.75 bits per heavy atom. The van der Waals surface area contributed by atoms with E-state index in [1.54, 1.807) is 0 Å². The molecule has 0 unspecified atom stereocenters. The Hall–Kier alpha value is -2.58. The fourth-order valence-corrected chi connectivity index (χ4v) is 2.62. The van der Waals surface area contributed by atoms with Gasteiger partial charge < -0.3 is 4.74 Å². The van der Waals surface area contributed by atoms with E-state index < -0.39 is 34.2 Å². The van der Waals surface area contributed by atoms with Gasteiger partial charge in [0.1, 0.15) is 5.82 Å². The molecule has 0 heterocycles. The first-order valence-electron chi connectivity index (χ1n) is 6.83. The van der Waals surface area contributed by atoms with Gasteiger partial charge in [0.25, 0.3) is 0 Å². The second-order valence-corrected chi connectivity index (χ2v) is 6.63. The lowest BCUT2D eigenvalue weighted by Crippen LogP contribution is -2.19. The maximum absolute atomic E-state index is 12.8. The Morgan fingerprint density at radius 1 is 1.08 bits per heavy atom. The molecule has 2 rings (SSSR count). The van der Waals surface area contributed by atoms with E-state index in [1.165, 1.54) is 37.4 Å². The number of esters is 1. The molecule has 8 heteroatoms. The van der Waals surface area contributed by atoms with E-state index >= 15 is 0 Å². The van der Waals surface area contributed by atoms with Crippen LogP contribution in [0.3, 0.4) is 0 Å². The smallest absolute Gasteiger partial charge is 0.338 e. The number of halogens is 1. The molecule has 0 radical (unpaired) electrons. The van der Waals surface area contributed by atoms with Crippen molar-refractivity contribution in [1.29, 1.82) is 0 Å². The SMILES string of the molecule is CNS(=O)(=O)c1cccc(C(=O)OCC(=O)c2ccc(F)cc2)c1. The maximum Gasteiger partial charge on any atom is 0.338 e. The number of benzene rings is 2. The highest BCUT2D eigenvalue weighted by molar-refractivity contribution is 7.89. The summed E-state index contributed by atoms with van der Waals surface area (Å²) in [5.74, 6) is -1.81. The van der Waals surface area contributed by atoms with E-state index in [0.717, 1.165) is 18.2 Å². The molecule has 0 aliphatic heterocycles. The van der Waals surface area contributed by atoms with Gasteiger partial charge in [0.15, 0.2) is 12.4 Å². The summed E-state index contributed by atoms with van der Waals surface area (Å²) in [5.41, 5.74) is 0.203. The Kier molecular flexibility index (Phi) is 5.42. The number of ketones is 1. The van der Waals surface area contributed by atoms with Gasteiger partial charge in [-0.2, -0.15) is 0 Å². The van der Waals surface area contributed by atoms with Crippen LogP contribution in [0, 0.1) is 5.82 Å². The van der Waals surface area contributed by atoms with Crippen LogP contribution in [-0.2, 0) is 14.8 Å². The van der Waals surface area contributed by atoms with Gasteiger partial charge in [-0.25, -0.2) is 22.3 Å². The largest absolute Gasteiger partial charge is 0.454 e. The Morgan fingerprint density at radius 3 is 2.38 bits per heavy atom. The zero-order valence-corrected chi connectivity index (χ0v) is 13.5. The molecule has 2 aromatic rings. The summed E-state index contributed by atoms with van der Waals surface area (Å²) in [6, 6.07) is 10.1. The van der Waals surface area contributed by atoms with E-state index in [0.29, 0.717) is 0 Å². The summed E-state index contributed by atoms with van der Waals surface area (Å²) in [4.78, 5) is 23.7. The number of ether oxygens (including phenoxy) is 1. The highest BCUT2D eigenvalue weighted by atomic mass is 32.2. The van der Waals surface area contributed by atoms with Crippen molar-refractivity contribution in [1.82, 2.24) is 4.72 Å². The lowest BCUT2D eigenvalue weighted by atomic mass is 10.1. The topological polar surface area (TPSA) is 89.5 Å². The van der Waals surface area contributed by atoms with E-state index in [9.17, 15) is 22.4 Å². The van der Waals surface area contributed by atoms with E-state index in [-0.39, 0.29) is 16.0 Å². The number of sulfonamides is 1. The number of carbonyl (C=O) groups is 2. The number of hydrogen-bond acceptors (Lipinski definition) is 5. The van der Waals surface area contributed by atoms with Gasteiger partial charge in [0.2, 0.25) is 10.0 Å². The summed E-state index contributed by atoms with van der Waals surface area (Å²) in [6.07, 6.45) is 0. The van der Waals surface area contributed by atoms with Crippen LogP contribution in [0.5, 0.6) is 0 Å². The molecule has 24 heavy (non-hydrogen) atoms. The van der Waals surface area contributed by atoms with Crippen LogP contribution in [-0.4, -0.2) is 33.8 Å². The average Bonchev–Trinajstić information content (AvgIpc) is 2.60. The first kappa shape index (κ1) is 17.8. The lowest BCUT2D eigenvalue weighted by Gasteiger charge is -2.07. The van der Waals surface area contributed by atoms with Gasteiger partial charge in [-0.05, 0) is 49.5 Å². The van der Waals surface area contributed by atoms with Gasteiger partial charge in [-0.3, -0.25) is 4.79 Å². The van der Waals surface area contributed by atoms with Gasteiger partial charge in [0.05, 0.1) is 10.5 Å². The molecule has 0 saturated carbocycles. The zero-order valence-electron chi connectivity index (χ0n) is 12.7. The van der Waals surface area contributed by atoms with Crippen molar-refractivity contribution in [3.63, 3.8) is 0 Å². The highest BCUT2D eigenvalue weighted by Crippen LogP contribution is 2.12. The monoisotopic (exact) mass is 351 g/mol. The van der Waals surface area contributed by atoms with Gasteiger partial charge in [-0.15, -0.1) is 0 Å². The van der Waals surface area contributed by atoms with E-state index in [1.807, 2.05) is 0 Å². The highest BCUT2D eigenvalue weighted by Gasteiger charge is 2.16. The molecule has 0 saturated heterocycles. The molecule has 0 spiro atoms. The maximum atomic E-state index is 12.8. The molecular weight excluding hydrogens is 337 g/mol. The van der Waals surface area contributed by atoms with Crippen LogP contribution in [0.4, 0.5) is 4.39 Å². The molecule has 2 aromatic carbocycles. The molecule has 0 bridgehead atoms. The summed E-state index contributed by atoms with van der Waals surface area (Å²) < 4.78 is 43.2. The predicted molar refractivity (Wildman–Crippen MR) is 83.7 cm³/mol. The van der Waals surface area contributed by atoms with Gasteiger partial charge >= 0.3 is 5.97 Å². The lowest BCUT2D eigenvalue weighted by molar-refractivity contribution is 0.0474. The quantitative estimate of drug-likeness (QED) is 0.633. The second kappa shape index (κ2) is 7.33. The molecule has 0 aromatic heterocycles. The predicted octanol–water partition coefficient (Wildman–Crippen LogP) is 1.77. The third-order valence-corrected chi connectivity index (χ3v) is 4.56. The minimum atomic E-state index is -3.69. The molecule has 0 amide bonds. The Bertz CT molecular complexity index is 862. The first-order chi connectivity index (χ1) is 11.3. The van der Waals surface area contributed by atoms with Crippen LogP contribution in [0.1, 0.15) is 20.7 Å². The van der Waals surface area contributed by atoms with Crippen molar-refractivity contribution in [3.05, 3.63) is 65.5 Å². The van der Waals surface area contributed by atoms with Crippen LogP contribution in [0.25, 0.3) is 0 Å². The van der Waals surface area contributed by atoms with E-state index in [2.05, 4.69) is 4.72 Å². The molecule has 6 nitrogen and oxygen atoms in total. The molecule has 0 aliphatic rings. The summed E-state index contributed by atoms with van der Waals surface area (Å²) >= 11 is 0. The van der Waals surface area contributed by atoms with Crippen LogP contribution >= 0.6 is 0 Å². The average molecular weight is 351 g/mol. The van der Waals surface area contributed by atoms with Gasteiger partial charge in [-0.1, -0.05) is 6.07 Å². The van der Waals surface area contributed by atoms with Crippen LogP contribution in [0.15, 0.2) is 53.4 Å². The fourth-order valence-electron chi connectivity index (χ4n) is 1.84. The van der Waals surface area contributed by atoms with Crippen molar-refractivity contribution < 1.29 is 27.1 Å². The number of Topliss-reactive ketones (excluding diaryl/α,β-unsaturated/α-hetero) is 1. The molecule has 0 fully saturated rings. The summed E-state index contributed by atoms with van der Waals surface area (Å²) in [5, 5.41) is 0. The van der Waals surface area contributed by atoms with Crippen molar-refractivity contribution in [2.75, 3.05) is 13.7 Å². The minimum Gasteiger partial charge on any atom is -0.454 e. The number of hydrogen-bond donors (Lipinski definition) is 1. The number of rotatable bonds is 6. The van der Waals surface area contributed by atoms with Crippen molar-refractivity contribution in [2.24, 2.45) is 0 Å². The molecular formula is C16H14FNO5S. The Balaban J connectivity index is 2.06. The third kappa shape index (κ3) is 4.24. The molecule has 126 valence electrons. The summed E-state index contributed by atoms with van der Waals surface area (Å²) in [7, 11) is -2.44.